The third-order valence-corrected chi connectivity index (χ3v) is 6.23. The summed E-state index contributed by atoms with van der Waals surface area (Å²) in [4.78, 5) is 16.8. The molecule has 28 heavy (non-hydrogen) atoms. The fourth-order valence-corrected chi connectivity index (χ4v) is 4.34. The number of carbonyl (C=O) groups excluding carboxylic acids is 1. The van der Waals surface area contributed by atoms with E-state index < -0.39 is 10.0 Å². The molecule has 148 valence electrons. The Kier molecular flexibility index (Phi) is 6.07. The highest BCUT2D eigenvalue weighted by atomic mass is 32.2. The molecule has 0 saturated heterocycles. The number of amides is 1. The number of primary sulfonamides is 1. The molecular formula is C19H22N4O3S2. The van der Waals surface area contributed by atoms with Gasteiger partial charge in [0.25, 0.3) is 0 Å². The van der Waals surface area contributed by atoms with Crippen LogP contribution in [0.2, 0.25) is 0 Å². The first kappa shape index (κ1) is 20.4. The van der Waals surface area contributed by atoms with Crippen LogP contribution in [0.5, 0.6) is 0 Å². The second-order valence-electron chi connectivity index (χ2n) is 6.32. The molecule has 0 aliphatic heterocycles. The van der Waals surface area contributed by atoms with Gasteiger partial charge < -0.3 is 9.88 Å². The van der Waals surface area contributed by atoms with E-state index in [2.05, 4.69) is 10.3 Å². The predicted octanol–water partition coefficient (Wildman–Crippen LogP) is 2.67. The Labute approximate surface area is 168 Å². The van der Waals surface area contributed by atoms with Crippen molar-refractivity contribution in [1.29, 1.82) is 0 Å². The lowest BCUT2D eigenvalue weighted by atomic mass is 10.1. The van der Waals surface area contributed by atoms with Crippen molar-refractivity contribution in [3.05, 3.63) is 54.1 Å². The van der Waals surface area contributed by atoms with Gasteiger partial charge in [-0.25, -0.2) is 18.5 Å². The number of hydrogen-bond donors (Lipinski definition) is 2. The second-order valence-corrected chi connectivity index (χ2v) is 8.83. The average Bonchev–Trinajstić information content (AvgIpc) is 3.03. The van der Waals surface area contributed by atoms with Crippen LogP contribution < -0.4 is 10.5 Å². The first-order valence-corrected chi connectivity index (χ1v) is 11.3. The van der Waals surface area contributed by atoms with Gasteiger partial charge in [0.1, 0.15) is 0 Å². The van der Waals surface area contributed by atoms with Gasteiger partial charge in [0.2, 0.25) is 15.9 Å². The first-order chi connectivity index (χ1) is 13.3. The molecule has 3 aromatic rings. The fraction of sp³-hybridized carbons (Fsp3) is 0.263. The SMILES string of the molecule is CCn1c(SCC(=O)N[C@@H](C)c2ccccc2)nc2cc(S(N)(=O)=O)ccc21. The van der Waals surface area contributed by atoms with Crippen molar-refractivity contribution in [2.24, 2.45) is 5.14 Å². The van der Waals surface area contributed by atoms with Crippen molar-refractivity contribution in [3.63, 3.8) is 0 Å². The number of thioether (sulfide) groups is 1. The zero-order valence-corrected chi connectivity index (χ0v) is 17.3. The molecule has 1 heterocycles. The minimum absolute atomic E-state index is 0.0201. The molecule has 1 atom stereocenters. The van der Waals surface area contributed by atoms with Crippen molar-refractivity contribution >= 4 is 38.7 Å². The minimum atomic E-state index is -3.79. The molecule has 0 bridgehead atoms. The molecule has 9 heteroatoms. The van der Waals surface area contributed by atoms with E-state index in [4.69, 9.17) is 5.14 Å². The Bertz CT molecular complexity index is 1100. The number of aryl methyl sites for hydroxylation is 1. The van der Waals surface area contributed by atoms with E-state index in [9.17, 15) is 13.2 Å². The molecule has 0 spiro atoms. The smallest absolute Gasteiger partial charge is 0.238 e. The quantitative estimate of drug-likeness (QED) is 0.574. The van der Waals surface area contributed by atoms with Crippen LogP contribution >= 0.6 is 11.8 Å². The molecule has 0 radical (unpaired) electrons. The van der Waals surface area contributed by atoms with E-state index in [1.807, 2.05) is 48.7 Å². The zero-order valence-electron chi connectivity index (χ0n) is 15.6. The minimum Gasteiger partial charge on any atom is -0.349 e. The summed E-state index contributed by atoms with van der Waals surface area (Å²) < 4.78 is 25.1. The summed E-state index contributed by atoms with van der Waals surface area (Å²) in [5.74, 6) is 0.115. The molecule has 0 fully saturated rings. The molecule has 3 N–H and O–H groups in total. The number of nitrogens with two attached hydrogens (primary N) is 1. The monoisotopic (exact) mass is 418 g/mol. The number of fused-ring (bicyclic) bond motifs is 1. The molecule has 1 aromatic heterocycles. The highest BCUT2D eigenvalue weighted by Crippen LogP contribution is 2.26. The van der Waals surface area contributed by atoms with Crippen LogP contribution in [-0.2, 0) is 21.4 Å². The van der Waals surface area contributed by atoms with Gasteiger partial charge in [-0.1, -0.05) is 42.1 Å². The molecule has 2 aromatic carbocycles. The van der Waals surface area contributed by atoms with E-state index >= 15 is 0 Å². The van der Waals surface area contributed by atoms with Crippen LogP contribution in [0.25, 0.3) is 11.0 Å². The molecule has 0 unspecified atom stereocenters. The van der Waals surface area contributed by atoms with Crippen LogP contribution in [0, 0.1) is 0 Å². The van der Waals surface area contributed by atoms with E-state index in [-0.39, 0.29) is 22.6 Å². The summed E-state index contributed by atoms with van der Waals surface area (Å²) in [6, 6.07) is 14.3. The number of hydrogen-bond acceptors (Lipinski definition) is 5. The molecule has 3 rings (SSSR count). The maximum atomic E-state index is 12.3. The topological polar surface area (TPSA) is 107 Å². The molecule has 7 nitrogen and oxygen atoms in total. The van der Waals surface area contributed by atoms with Gasteiger partial charge in [-0.3, -0.25) is 4.79 Å². The normalized spacial score (nSPS) is 12.8. The third-order valence-electron chi connectivity index (χ3n) is 4.34. The fourth-order valence-electron chi connectivity index (χ4n) is 2.92. The number of nitrogens with zero attached hydrogens (tertiary/aromatic N) is 2. The first-order valence-electron chi connectivity index (χ1n) is 8.79. The summed E-state index contributed by atoms with van der Waals surface area (Å²) in [7, 11) is -3.79. The lowest BCUT2D eigenvalue weighted by Crippen LogP contribution is -2.28. The Morgan fingerprint density at radius 3 is 2.61 bits per heavy atom. The van der Waals surface area contributed by atoms with Gasteiger partial charge in [-0.05, 0) is 37.6 Å². The number of carbonyl (C=O) groups is 1. The van der Waals surface area contributed by atoms with Crippen LogP contribution in [-0.4, -0.2) is 29.6 Å². The predicted molar refractivity (Wildman–Crippen MR) is 111 cm³/mol. The standard InChI is InChI=1S/C19H22N4O3S2/c1-3-23-17-10-9-15(28(20,25)26)11-16(17)22-19(23)27-12-18(24)21-13(2)14-7-5-4-6-8-14/h4-11,13H,3,12H2,1-2H3,(H,21,24)(H2,20,25,26)/t13-/m0/s1. The van der Waals surface area contributed by atoms with Crippen LogP contribution in [0.1, 0.15) is 25.5 Å². The van der Waals surface area contributed by atoms with E-state index in [0.717, 1.165) is 11.1 Å². The Hall–Kier alpha value is -2.36. The van der Waals surface area contributed by atoms with E-state index in [1.165, 1.54) is 23.9 Å². The summed E-state index contributed by atoms with van der Waals surface area (Å²) in [6.07, 6.45) is 0. The number of imidazole rings is 1. The third kappa shape index (κ3) is 4.54. The number of aromatic nitrogens is 2. The van der Waals surface area contributed by atoms with Gasteiger partial charge >= 0.3 is 0 Å². The molecule has 1 amide bonds. The largest absolute Gasteiger partial charge is 0.349 e. The Morgan fingerprint density at radius 1 is 1.25 bits per heavy atom. The summed E-state index contributed by atoms with van der Waals surface area (Å²) >= 11 is 1.32. The highest BCUT2D eigenvalue weighted by molar-refractivity contribution is 7.99. The van der Waals surface area contributed by atoms with Gasteiger partial charge in [-0.2, -0.15) is 0 Å². The molecule has 0 saturated carbocycles. The van der Waals surface area contributed by atoms with Crippen molar-refractivity contribution in [1.82, 2.24) is 14.9 Å². The summed E-state index contributed by atoms with van der Waals surface area (Å²) in [6.45, 7) is 4.56. The van der Waals surface area contributed by atoms with E-state index in [0.29, 0.717) is 17.2 Å². The molecule has 0 aliphatic rings. The van der Waals surface area contributed by atoms with Gasteiger partial charge in [0.15, 0.2) is 5.16 Å². The van der Waals surface area contributed by atoms with Crippen molar-refractivity contribution in [2.45, 2.75) is 36.5 Å². The van der Waals surface area contributed by atoms with Crippen molar-refractivity contribution in [2.75, 3.05) is 5.75 Å². The maximum absolute atomic E-state index is 12.3. The van der Waals surface area contributed by atoms with Crippen LogP contribution in [0.4, 0.5) is 0 Å². The number of nitrogens with one attached hydrogen (secondary N) is 1. The number of benzene rings is 2. The number of rotatable bonds is 7. The summed E-state index contributed by atoms with van der Waals surface area (Å²) in [5, 5.41) is 8.83. The lowest BCUT2D eigenvalue weighted by Gasteiger charge is -2.14. The van der Waals surface area contributed by atoms with Gasteiger partial charge in [0.05, 0.1) is 27.7 Å². The van der Waals surface area contributed by atoms with Crippen molar-refractivity contribution in [3.8, 4) is 0 Å². The maximum Gasteiger partial charge on any atom is 0.238 e. The zero-order chi connectivity index (χ0) is 20.3. The van der Waals surface area contributed by atoms with Gasteiger partial charge in [-0.15, -0.1) is 0 Å². The highest BCUT2D eigenvalue weighted by Gasteiger charge is 2.16. The van der Waals surface area contributed by atoms with E-state index in [1.54, 1.807) is 6.07 Å². The Morgan fingerprint density at radius 2 is 1.96 bits per heavy atom. The van der Waals surface area contributed by atoms with Gasteiger partial charge in [0, 0.05) is 6.54 Å². The lowest BCUT2D eigenvalue weighted by molar-refractivity contribution is -0.119. The van der Waals surface area contributed by atoms with Crippen LogP contribution in [0.15, 0.2) is 58.6 Å². The molecular weight excluding hydrogens is 396 g/mol. The average molecular weight is 419 g/mol. The summed E-state index contributed by atoms with van der Waals surface area (Å²) in [5.41, 5.74) is 2.38. The van der Waals surface area contributed by atoms with Crippen molar-refractivity contribution < 1.29 is 13.2 Å². The molecule has 0 aliphatic carbocycles. The number of sulfonamides is 1. The second kappa shape index (κ2) is 8.34. The Balaban J connectivity index is 1.74. The van der Waals surface area contributed by atoms with Crippen LogP contribution in [0.3, 0.4) is 0 Å².